The minimum Gasteiger partial charge on any atom is -0.507 e. The SMILES string of the molecule is COc1cccc2c1C(=O)c1c(O)c3c(c(O)c1C2=O)C[C@@](O)(C(=O)CO)CC3OC1CC(OC(=O)[C@@H]2CC(F)(F)CN2C(=O)CNC(=O)c2ccnc3ccccc23)C(O)C(C)O1. The third kappa shape index (κ3) is 7.59. The first-order valence-electron chi connectivity index (χ1n) is 20.1. The summed E-state index contributed by atoms with van der Waals surface area (Å²) in [7, 11) is 1.26. The molecule has 2 aliphatic heterocycles. The van der Waals surface area contributed by atoms with Gasteiger partial charge in [-0.3, -0.25) is 29.0 Å². The van der Waals surface area contributed by atoms with Crippen LogP contribution in [0, 0.1) is 0 Å². The normalized spacial score (nSPS) is 25.8. The summed E-state index contributed by atoms with van der Waals surface area (Å²) in [4.78, 5) is 85.7. The number of aliphatic hydroxyl groups is 3. The van der Waals surface area contributed by atoms with Gasteiger partial charge in [0.2, 0.25) is 11.7 Å². The lowest BCUT2D eigenvalue weighted by Gasteiger charge is -2.42. The number of phenolic OH excluding ortho intramolecular Hbond substituents is 2. The summed E-state index contributed by atoms with van der Waals surface area (Å²) in [5, 5.41) is 58.8. The maximum absolute atomic E-state index is 14.9. The highest BCUT2D eigenvalue weighted by Crippen LogP contribution is 2.52. The molecule has 1 aromatic heterocycles. The van der Waals surface area contributed by atoms with E-state index < -0.39 is 151 Å². The topological polar surface area (TPSA) is 269 Å². The number of halogens is 2. The second-order valence-corrected chi connectivity index (χ2v) is 16.1. The fourth-order valence-corrected chi connectivity index (χ4v) is 8.95. The van der Waals surface area contributed by atoms with E-state index in [4.69, 9.17) is 18.9 Å². The van der Waals surface area contributed by atoms with Crippen LogP contribution in [0.4, 0.5) is 8.78 Å². The van der Waals surface area contributed by atoms with Gasteiger partial charge in [0.15, 0.2) is 17.9 Å². The van der Waals surface area contributed by atoms with Gasteiger partial charge in [-0.1, -0.05) is 30.3 Å². The monoisotopic (exact) mass is 889 g/mol. The van der Waals surface area contributed by atoms with E-state index in [2.05, 4.69) is 10.3 Å². The number of para-hydroxylation sites is 1. The van der Waals surface area contributed by atoms with Crippen LogP contribution in [0.2, 0.25) is 0 Å². The summed E-state index contributed by atoms with van der Waals surface area (Å²) in [5.41, 5.74) is -4.10. The Balaban J connectivity index is 1.04. The minimum atomic E-state index is -3.54. The van der Waals surface area contributed by atoms with Gasteiger partial charge in [-0.25, -0.2) is 13.6 Å². The molecule has 8 rings (SSSR count). The first-order chi connectivity index (χ1) is 30.4. The van der Waals surface area contributed by atoms with Crippen molar-refractivity contribution < 1.29 is 82.0 Å². The van der Waals surface area contributed by atoms with Crippen molar-refractivity contribution in [2.45, 2.75) is 80.9 Å². The maximum atomic E-state index is 14.9. The van der Waals surface area contributed by atoms with Crippen molar-refractivity contribution in [3.05, 3.63) is 93.7 Å². The van der Waals surface area contributed by atoms with Gasteiger partial charge in [0.25, 0.3) is 11.8 Å². The quantitative estimate of drug-likeness (QED) is 0.0862. The van der Waals surface area contributed by atoms with Crippen LogP contribution in [0.25, 0.3) is 10.9 Å². The number of methoxy groups -OCH3 is 1. The number of hydrogen-bond acceptors (Lipinski definition) is 16. The highest BCUT2D eigenvalue weighted by atomic mass is 19.3. The molecule has 0 spiro atoms. The van der Waals surface area contributed by atoms with Crippen molar-refractivity contribution in [2.24, 2.45) is 0 Å². The highest BCUT2D eigenvalue weighted by Gasteiger charge is 2.53. The van der Waals surface area contributed by atoms with Crippen LogP contribution in [0.3, 0.4) is 0 Å². The molecule has 336 valence electrons. The lowest BCUT2D eigenvalue weighted by Crippen LogP contribution is -2.53. The van der Waals surface area contributed by atoms with E-state index in [1.165, 1.54) is 44.5 Å². The first-order valence-corrected chi connectivity index (χ1v) is 20.1. The van der Waals surface area contributed by atoms with Gasteiger partial charge >= 0.3 is 5.97 Å². The lowest BCUT2D eigenvalue weighted by molar-refractivity contribution is -0.269. The Hall–Kier alpha value is -6.45. The van der Waals surface area contributed by atoms with Gasteiger partial charge in [0.05, 0.1) is 60.2 Å². The summed E-state index contributed by atoms with van der Waals surface area (Å²) >= 11 is 0. The van der Waals surface area contributed by atoms with Gasteiger partial charge in [-0.2, -0.15) is 0 Å². The second kappa shape index (κ2) is 16.6. The molecule has 7 atom stereocenters. The number of Topliss-reactive ketones (excluding diaryl/α,β-unsaturated/α-hetero) is 1. The van der Waals surface area contributed by atoms with E-state index in [0.29, 0.717) is 15.8 Å². The molecule has 2 amide bonds. The Morgan fingerprint density at radius 3 is 2.45 bits per heavy atom. The summed E-state index contributed by atoms with van der Waals surface area (Å²) in [6.07, 6.45) is -9.31. The van der Waals surface area contributed by atoms with E-state index in [1.54, 1.807) is 24.3 Å². The Bertz CT molecular complexity index is 2630. The van der Waals surface area contributed by atoms with Gasteiger partial charge in [0, 0.05) is 54.0 Å². The summed E-state index contributed by atoms with van der Waals surface area (Å²) in [6, 6.07) is 10.4. The molecule has 6 N–H and O–H groups in total. The number of aromatic hydroxyl groups is 2. The molecule has 18 nitrogen and oxygen atoms in total. The van der Waals surface area contributed by atoms with Crippen molar-refractivity contribution in [1.82, 2.24) is 15.2 Å². The largest absolute Gasteiger partial charge is 0.507 e. The number of phenols is 2. The number of esters is 1. The Morgan fingerprint density at radius 2 is 1.72 bits per heavy atom. The fourth-order valence-electron chi connectivity index (χ4n) is 8.95. The number of alkyl halides is 2. The molecule has 20 heteroatoms. The molecular weight excluding hydrogens is 848 g/mol. The number of aromatic nitrogens is 1. The Kier molecular flexibility index (Phi) is 11.5. The average Bonchev–Trinajstić information content (AvgIpc) is 3.61. The molecule has 3 heterocycles. The molecule has 0 saturated carbocycles. The average molecular weight is 890 g/mol. The first kappa shape index (κ1) is 44.2. The summed E-state index contributed by atoms with van der Waals surface area (Å²) in [6.45, 7) is -1.76. The van der Waals surface area contributed by atoms with E-state index >= 15 is 0 Å². The number of hydrogen-bond donors (Lipinski definition) is 6. The van der Waals surface area contributed by atoms with Gasteiger partial charge in [0.1, 0.15) is 47.7 Å². The second-order valence-electron chi connectivity index (χ2n) is 16.1. The van der Waals surface area contributed by atoms with Crippen molar-refractivity contribution in [1.29, 1.82) is 0 Å². The number of carbonyl (C=O) groups excluding carboxylic acids is 6. The van der Waals surface area contributed by atoms with Crippen LogP contribution in [-0.2, 0) is 35.0 Å². The number of likely N-dealkylation sites (tertiary alicyclic amines) is 1. The number of carbonyl (C=O) groups is 6. The number of fused-ring (bicyclic) bond motifs is 4. The molecule has 2 fully saturated rings. The Labute approximate surface area is 361 Å². The summed E-state index contributed by atoms with van der Waals surface area (Å²) in [5.74, 6) is -11.2. The highest BCUT2D eigenvalue weighted by molar-refractivity contribution is 6.31. The predicted molar refractivity (Wildman–Crippen MR) is 213 cm³/mol. The molecule has 5 unspecified atom stereocenters. The molecule has 4 aromatic rings. The molecular formula is C44H41F2N3O15. The van der Waals surface area contributed by atoms with Crippen LogP contribution >= 0.6 is 0 Å². The van der Waals surface area contributed by atoms with Crippen molar-refractivity contribution in [2.75, 3.05) is 26.8 Å². The minimum absolute atomic E-state index is 0.00649. The van der Waals surface area contributed by atoms with E-state index in [0.717, 1.165) is 0 Å². The predicted octanol–water partition coefficient (Wildman–Crippen LogP) is 1.80. The van der Waals surface area contributed by atoms with Gasteiger partial charge in [-0.05, 0) is 25.1 Å². The van der Waals surface area contributed by atoms with Crippen molar-refractivity contribution in [3.8, 4) is 17.2 Å². The van der Waals surface area contributed by atoms with Gasteiger partial charge in [-0.15, -0.1) is 0 Å². The van der Waals surface area contributed by atoms with E-state index in [1.807, 2.05) is 0 Å². The number of pyridine rings is 1. The zero-order chi connectivity index (χ0) is 46.0. The number of nitrogens with zero attached hydrogens (tertiary/aromatic N) is 2. The number of amides is 2. The van der Waals surface area contributed by atoms with E-state index in [9.17, 15) is 63.1 Å². The van der Waals surface area contributed by atoms with Gasteiger partial charge < -0.3 is 54.7 Å². The zero-order valence-corrected chi connectivity index (χ0v) is 34.1. The standard InChI is InChI=1S/C44H41F2N3O15/c1-19-36(53)27(64-42(59)25-14-44(45,46)18-49(25)30(52)16-48-41(58)21-10-11-47-24-8-4-3-6-20(21)24)12-31(62-19)63-28-15-43(60,29(51)17-50)13-23-33(28)40(57)35-34(38(23)55)37(54)22-7-5-9-26(61-2)32(22)39(35)56/h3-11,19,25,27-28,31,36,50,53,55,57,60H,12-18H2,1-2H3,(H,48,58)/t19?,25-,27?,28?,31?,36?,43-/m0/s1. The fraction of sp³-hybridized carbons (Fsp3) is 0.386. The zero-order valence-electron chi connectivity index (χ0n) is 34.1. The molecule has 2 saturated heterocycles. The number of ketones is 3. The van der Waals surface area contributed by atoms with Crippen LogP contribution in [-0.4, -0.2) is 140 Å². The lowest BCUT2D eigenvalue weighted by atomic mass is 9.72. The van der Waals surface area contributed by atoms with Crippen LogP contribution in [0.5, 0.6) is 17.2 Å². The smallest absolute Gasteiger partial charge is 0.329 e. The van der Waals surface area contributed by atoms with Crippen molar-refractivity contribution >= 4 is 46.0 Å². The number of benzene rings is 3. The van der Waals surface area contributed by atoms with Crippen LogP contribution in [0.15, 0.2) is 54.7 Å². The molecule has 0 radical (unpaired) electrons. The molecule has 0 bridgehead atoms. The number of rotatable bonds is 10. The van der Waals surface area contributed by atoms with Crippen LogP contribution in [0.1, 0.15) is 85.6 Å². The van der Waals surface area contributed by atoms with Crippen LogP contribution < -0.4 is 10.1 Å². The number of ether oxygens (including phenoxy) is 4. The number of nitrogens with one attached hydrogen (secondary N) is 1. The Morgan fingerprint density at radius 1 is 0.984 bits per heavy atom. The third-order valence-electron chi connectivity index (χ3n) is 12.1. The molecule has 64 heavy (non-hydrogen) atoms. The van der Waals surface area contributed by atoms with Crippen molar-refractivity contribution in [3.63, 3.8) is 0 Å². The molecule has 4 aliphatic rings. The third-order valence-corrected chi connectivity index (χ3v) is 12.1. The number of aliphatic hydroxyl groups excluding tert-OH is 2. The molecule has 2 aliphatic carbocycles. The van der Waals surface area contributed by atoms with E-state index in [-0.39, 0.29) is 33.6 Å². The summed E-state index contributed by atoms with van der Waals surface area (Å²) < 4.78 is 52.7. The maximum Gasteiger partial charge on any atom is 0.329 e. The molecule has 3 aromatic carbocycles.